The Kier molecular flexibility index (Phi) is 5.79. The van der Waals surface area contributed by atoms with Gasteiger partial charge in [0.15, 0.2) is 5.65 Å². The van der Waals surface area contributed by atoms with Crippen LogP contribution in [0.4, 0.5) is 0 Å². The highest BCUT2D eigenvalue weighted by molar-refractivity contribution is 5.77. The van der Waals surface area contributed by atoms with Gasteiger partial charge in [-0.05, 0) is 49.1 Å². The van der Waals surface area contributed by atoms with Gasteiger partial charge in [-0.3, -0.25) is 4.79 Å². The number of pyridine rings is 1. The van der Waals surface area contributed by atoms with E-state index in [1.807, 2.05) is 47.5 Å². The zero-order valence-corrected chi connectivity index (χ0v) is 17.2. The van der Waals surface area contributed by atoms with Gasteiger partial charge in [-0.2, -0.15) is 0 Å². The van der Waals surface area contributed by atoms with Crippen molar-refractivity contribution in [2.45, 2.75) is 45.1 Å². The molecule has 3 heterocycles. The largest absolute Gasteiger partial charge is 0.497 e. The van der Waals surface area contributed by atoms with Gasteiger partial charge in [0.05, 0.1) is 7.11 Å². The molecule has 29 heavy (non-hydrogen) atoms. The lowest BCUT2D eigenvalue weighted by molar-refractivity contribution is -0.130. The summed E-state index contributed by atoms with van der Waals surface area (Å²) < 4.78 is 7.43. The zero-order chi connectivity index (χ0) is 20.2. The quantitative estimate of drug-likeness (QED) is 0.614. The van der Waals surface area contributed by atoms with Crippen molar-refractivity contribution in [3.63, 3.8) is 0 Å². The number of rotatable bonds is 7. The Labute approximate surface area is 171 Å². The molecule has 6 heteroatoms. The smallest absolute Gasteiger partial charge is 0.222 e. The Bertz CT molecular complexity index is 980. The van der Waals surface area contributed by atoms with E-state index in [1.54, 1.807) is 7.11 Å². The number of nitrogens with zero attached hydrogens (tertiary/aromatic N) is 4. The van der Waals surface area contributed by atoms with Gasteiger partial charge in [-0.15, -0.1) is 0 Å². The second-order valence-electron chi connectivity index (χ2n) is 7.64. The number of hydrogen-bond acceptors (Lipinski definition) is 4. The molecule has 1 aliphatic rings. The number of imidazole rings is 1. The number of carbonyl (C=O) groups is 1. The van der Waals surface area contributed by atoms with Crippen molar-refractivity contribution < 1.29 is 9.53 Å². The summed E-state index contributed by atoms with van der Waals surface area (Å²) in [6.45, 7) is 4.62. The molecule has 1 saturated heterocycles. The molecule has 0 saturated carbocycles. The molecule has 1 fully saturated rings. The maximum absolute atomic E-state index is 12.8. The van der Waals surface area contributed by atoms with Gasteiger partial charge in [-0.1, -0.05) is 19.1 Å². The zero-order valence-electron chi connectivity index (χ0n) is 17.2. The number of aryl methyl sites for hydroxylation is 2. The average molecular weight is 393 g/mol. The number of hydrogen-bond donors (Lipinski definition) is 0. The van der Waals surface area contributed by atoms with E-state index in [1.165, 1.54) is 0 Å². The van der Waals surface area contributed by atoms with Crippen LogP contribution in [-0.2, 0) is 17.8 Å². The molecule has 1 amide bonds. The van der Waals surface area contributed by atoms with Crippen molar-refractivity contribution in [1.29, 1.82) is 0 Å². The highest BCUT2D eigenvalue weighted by atomic mass is 16.5. The molecule has 1 unspecified atom stereocenters. The Hall–Kier alpha value is -2.89. The maximum Gasteiger partial charge on any atom is 0.222 e. The maximum atomic E-state index is 12.8. The van der Waals surface area contributed by atoms with Crippen molar-refractivity contribution >= 4 is 17.1 Å². The van der Waals surface area contributed by atoms with Crippen LogP contribution in [0, 0.1) is 0 Å². The van der Waals surface area contributed by atoms with E-state index >= 15 is 0 Å². The van der Waals surface area contributed by atoms with Gasteiger partial charge in [0.2, 0.25) is 5.91 Å². The molecule has 1 aromatic carbocycles. The van der Waals surface area contributed by atoms with Crippen LogP contribution in [0.3, 0.4) is 0 Å². The summed E-state index contributed by atoms with van der Waals surface area (Å²) in [5.74, 6) is 2.42. The molecule has 2 aromatic heterocycles. The van der Waals surface area contributed by atoms with Crippen LogP contribution in [0.25, 0.3) is 11.2 Å². The summed E-state index contributed by atoms with van der Waals surface area (Å²) in [4.78, 5) is 24.2. The number of ether oxygens (including phenoxy) is 1. The van der Waals surface area contributed by atoms with Crippen LogP contribution in [0.2, 0.25) is 0 Å². The van der Waals surface area contributed by atoms with Gasteiger partial charge in [0.1, 0.15) is 17.1 Å². The highest BCUT2D eigenvalue weighted by Crippen LogP contribution is 2.29. The molecule has 4 rings (SSSR count). The fraction of sp³-hybridized carbons (Fsp3) is 0.435. The number of amides is 1. The minimum Gasteiger partial charge on any atom is -0.497 e. The van der Waals surface area contributed by atoms with Crippen molar-refractivity contribution in [3.05, 3.63) is 54.0 Å². The van der Waals surface area contributed by atoms with E-state index in [4.69, 9.17) is 9.72 Å². The van der Waals surface area contributed by atoms with Crippen LogP contribution in [-0.4, -0.2) is 45.5 Å². The van der Waals surface area contributed by atoms with E-state index < -0.39 is 0 Å². The first-order valence-electron chi connectivity index (χ1n) is 10.4. The SMILES string of the molecule is CCCn1c(C2CCN(C(=O)CCc3ccc(OC)cc3)C2)nc2cccnc21. The van der Waals surface area contributed by atoms with Gasteiger partial charge in [-0.25, -0.2) is 9.97 Å². The van der Waals surface area contributed by atoms with Gasteiger partial charge in [0, 0.05) is 38.2 Å². The minimum absolute atomic E-state index is 0.222. The molecule has 152 valence electrons. The second kappa shape index (κ2) is 8.64. The molecule has 0 radical (unpaired) electrons. The third-order valence-corrected chi connectivity index (χ3v) is 5.67. The molecule has 6 nitrogen and oxygen atoms in total. The van der Waals surface area contributed by atoms with Crippen LogP contribution in [0.15, 0.2) is 42.6 Å². The second-order valence-corrected chi connectivity index (χ2v) is 7.64. The number of methoxy groups -OCH3 is 1. The van der Waals surface area contributed by atoms with Gasteiger partial charge < -0.3 is 14.2 Å². The molecule has 0 bridgehead atoms. The molecular formula is C23H28N4O2. The number of fused-ring (bicyclic) bond motifs is 1. The third kappa shape index (κ3) is 4.11. The molecular weight excluding hydrogens is 364 g/mol. The Morgan fingerprint density at radius 2 is 2.07 bits per heavy atom. The summed E-state index contributed by atoms with van der Waals surface area (Å²) in [6, 6.07) is 11.9. The van der Waals surface area contributed by atoms with Gasteiger partial charge in [0.25, 0.3) is 0 Å². The van der Waals surface area contributed by atoms with Crippen molar-refractivity contribution in [2.75, 3.05) is 20.2 Å². The topological polar surface area (TPSA) is 60.2 Å². The lowest BCUT2D eigenvalue weighted by Crippen LogP contribution is -2.29. The first-order chi connectivity index (χ1) is 14.2. The Balaban J connectivity index is 1.41. The predicted molar refractivity (Wildman–Crippen MR) is 113 cm³/mol. The minimum atomic E-state index is 0.222. The molecule has 0 N–H and O–H groups in total. The monoisotopic (exact) mass is 392 g/mol. The predicted octanol–water partition coefficient (Wildman–Crippen LogP) is 3.80. The van der Waals surface area contributed by atoms with Gasteiger partial charge >= 0.3 is 0 Å². The summed E-state index contributed by atoms with van der Waals surface area (Å²) >= 11 is 0. The normalized spacial score (nSPS) is 16.5. The molecule has 0 spiro atoms. The summed E-state index contributed by atoms with van der Waals surface area (Å²) in [6.07, 6.45) is 5.10. The standard InChI is InChI=1S/C23H28N4O2/c1-3-14-27-22(25-20-5-4-13-24-23(20)27)18-12-15-26(16-18)21(28)11-8-17-6-9-19(29-2)10-7-17/h4-7,9-10,13,18H,3,8,11-12,14-16H2,1-2H3. The van der Waals surface area contributed by atoms with E-state index in [9.17, 15) is 4.79 Å². The van der Waals surface area contributed by atoms with Crippen LogP contribution < -0.4 is 4.74 Å². The number of carbonyl (C=O) groups excluding carboxylic acids is 1. The lowest BCUT2D eigenvalue weighted by Gasteiger charge is -2.17. The summed E-state index contributed by atoms with van der Waals surface area (Å²) in [5, 5.41) is 0. The fourth-order valence-corrected chi connectivity index (χ4v) is 4.13. The fourth-order valence-electron chi connectivity index (χ4n) is 4.13. The Morgan fingerprint density at radius 1 is 1.24 bits per heavy atom. The van der Waals surface area contributed by atoms with E-state index in [0.29, 0.717) is 6.42 Å². The first kappa shape index (κ1) is 19.4. The molecule has 0 aliphatic carbocycles. The van der Waals surface area contributed by atoms with Crippen LogP contribution in [0.5, 0.6) is 5.75 Å². The van der Waals surface area contributed by atoms with Crippen molar-refractivity contribution in [1.82, 2.24) is 19.4 Å². The van der Waals surface area contributed by atoms with E-state index in [-0.39, 0.29) is 11.8 Å². The van der Waals surface area contributed by atoms with E-state index in [2.05, 4.69) is 16.5 Å². The van der Waals surface area contributed by atoms with Crippen molar-refractivity contribution in [3.8, 4) is 5.75 Å². The third-order valence-electron chi connectivity index (χ3n) is 5.67. The van der Waals surface area contributed by atoms with Crippen molar-refractivity contribution in [2.24, 2.45) is 0 Å². The Morgan fingerprint density at radius 3 is 2.83 bits per heavy atom. The summed E-state index contributed by atoms with van der Waals surface area (Å²) in [5.41, 5.74) is 3.06. The number of aromatic nitrogens is 3. The molecule has 1 aliphatic heterocycles. The summed E-state index contributed by atoms with van der Waals surface area (Å²) in [7, 11) is 1.66. The molecule has 1 atom stereocenters. The van der Waals surface area contributed by atoms with E-state index in [0.717, 1.165) is 67.2 Å². The lowest BCUT2D eigenvalue weighted by atomic mass is 10.1. The van der Waals surface area contributed by atoms with Crippen LogP contribution in [0.1, 0.15) is 43.5 Å². The van der Waals surface area contributed by atoms with Crippen LogP contribution >= 0.6 is 0 Å². The highest BCUT2D eigenvalue weighted by Gasteiger charge is 2.30. The number of benzene rings is 1. The molecule has 3 aromatic rings. The first-order valence-corrected chi connectivity index (χ1v) is 10.4. The number of likely N-dealkylation sites (tertiary alicyclic amines) is 1. The average Bonchev–Trinajstić information content (AvgIpc) is 3.38.